The smallest absolute Gasteiger partial charge is 0.163 e. The Kier molecular flexibility index (Phi) is 4.56. The third-order valence-corrected chi connectivity index (χ3v) is 4.69. The van der Waals surface area contributed by atoms with E-state index in [0.29, 0.717) is 0 Å². The standard InChI is InChI=1S/C13H7Br3F2/c14-7-4-5-10(15)9(6-7)12(16)8-2-1-3-11(17)13(8)18/h1-6,12H. The molecule has 1 atom stereocenters. The van der Waals surface area contributed by atoms with Gasteiger partial charge in [0.25, 0.3) is 0 Å². The lowest BCUT2D eigenvalue weighted by atomic mass is 10.0. The van der Waals surface area contributed by atoms with Crippen LogP contribution in [-0.2, 0) is 0 Å². The Morgan fingerprint density at radius 1 is 0.944 bits per heavy atom. The average Bonchev–Trinajstić information content (AvgIpc) is 2.35. The number of hydrogen-bond acceptors (Lipinski definition) is 0. The van der Waals surface area contributed by atoms with Crippen molar-refractivity contribution in [2.24, 2.45) is 0 Å². The van der Waals surface area contributed by atoms with Crippen molar-refractivity contribution >= 4 is 47.8 Å². The molecule has 2 aromatic carbocycles. The molecule has 0 spiro atoms. The van der Waals surface area contributed by atoms with Crippen LogP contribution in [0.3, 0.4) is 0 Å². The normalized spacial score (nSPS) is 12.5. The summed E-state index contributed by atoms with van der Waals surface area (Å²) in [4.78, 5) is -0.417. The lowest BCUT2D eigenvalue weighted by Gasteiger charge is -2.14. The van der Waals surface area contributed by atoms with Crippen molar-refractivity contribution in [3.05, 3.63) is 68.1 Å². The summed E-state index contributed by atoms with van der Waals surface area (Å²) in [5, 5.41) is 0. The van der Waals surface area contributed by atoms with Crippen LogP contribution in [0.25, 0.3) is 0 Å². The lowest BCUT2D eigenvalue weighted by Crippen LogP contribution is -1.99. The maximum Gasteiger partial charge on any atom is 0.163 e. The van der Waals surface area contributed by atoms with Gasteiger partial charge in [-0.25, -0.2) is 8.78 Å². The molecule has 0 aliphatic carbocycles. The van der Waals surface area contributed by atoms with E-state index in [0.717, 1.165) is 20.6 Å². The zero-order chi connectivity index (χ0) is 13.3. The highest BCUT2D eigenvalue weighted by Crippen LogP contribution is 2.38. The van der Waals surface area contributed by atoms with E-state index in [1.807, 2.05) is 18.2 Å². The average molecular weight is 441 g/mol. The Bertz CT molecular complexity index is 582. The Morgan fingerprint density at radius 3 is 2.39 bits per heavy atom. The summed E-state index contributed by atoms with van der Waals surface area (Å²) < 4.78 is 28.7. The topological polar surface area (TPSA) is 0 Å². The first kappa shape index (κ1) is 14.2. The molecule has 1 unspecified atom stereocenters. The number of benzene rings is 2. The number of hydrogen-bond donors (Lipinski definition) is 0. The van der Waals surface area contributed by atoms with E-state index in [4.69, 9.17) is 0 Å². The second kappa shape index (κ2) is 5.80. The molecular formula is C13H7Br3F2. The number of halogens is 5. The molecule has 18 heavy (non-hydrogen) atoms. The van der Waals surface area contributed by atoms with Gasteiger partial charge in [-0.15, -0.1) is 0 Å². The fourth-order valence-corrected chi connectivity index (χ4v) is 3.49. The summed E-state index contributed by atoms with van der Waals surface area (Å²) in [6.07, 6.45) is 0. The third-order valence-electron chi connectivity index (χ3n) is 2.49. The van der Waals surface area contributed by atoms with Gasteiger partial charge in [-0.2, -0.15) is 0 Å². The minimum atomic E-state index is -0.844. The van der Waals surface area contributed by atoms with Crippen LogP contribution in [0.4, 0.5) is 8.78 Å². The van der Waals surface area contributed by atoms with Crippen LogP contribution >= 0.6 is 47.8 Å². The monoisotopic (exact) mass is 438 g/mol. The minimum absolute atomic E-state index is 0.272. The van der Waals surface area contributed by atoms with E-state index in [1.54, 1.807) is 6.07 Å². The lowest BCUT2D eigenvalue weighted by molar-refractivity contribution is 0.500. The molecule has 2 rings (SSSR count). The zero-order valence-electron chi connectivity index (χ0n) is 8.93. The molecule has 0 heterocycles. The molecule has 0 radical (unpaired) electrons. The van der Waals surface area contributed by atoms with Crippen molar-refractivity contribution < 1.29 is 8.78 Å². The largest absolute Gasteiger partial charge is 0.204 e. The van der Waals surface area contributed by atoms with Crippen LogP contribution in [-0.4, -0.2) is 0 Å². The first-order chi connectivity index (χ1) is 8.50. The van der Waals surface area contributed by atoms with Crippen molar-refractivity contribution in [3.8, 4) is 0 Å². The molecule has 0 nitrogen and oxygen atoms in total. The van der Waals surface area contributed by atoms with Crippen molar-refractivity contribution in [2.75, 3.05) is 0 Å². The molecule has 94 valence electrons. The van der Waals surface area contributed by atoms with E-state index >= 15 is 0 Å². The Hall–Kier alpha value is -0.260. The third kappa shape index (κ3) is 2.83. The van der Waals surface area contributed by atoms with Crippen LogP contribution in [0.2, 0.25) is 0 Å². The SMILES string of the molecule is Fc1cccc(C(Br)c2cc(Br)ccc2Br)c1F. The molecule has 5 heteroatoms. The number of alkyl halides is 1. The first-order valence-electron chi connectivity index (χ1n) is 5.03. The molecule has 0 amide bonds. The van der Waals surface area contributed by atoms with Crippen LogP contribution < -0.4 is 0 Å². The van der Waals surface area contributed by atoms with E-state index in [9.17, 15) is 8.78 Å². The van der Waals surface area contributed by atoms with E-state index in [-0.39, 0.29) is 5.56 Å². The summed E-state index contributed by atoms with van der Waals surface area (Å²) in [5.41, 5.74) is 1.10. The van der Waals surface area contributed by atoms with Crippen molar-refractivity contribution in [3.63, 3.8) is 0 Å². The van der Waals surface area contributed by atoms with Gasteiger partial charge in [0.15, 0.2) is 11.6 Å². The maximum atomic E-state index is 13.7. The molecule has 0 saturated heterocycles. The number of rotatable bonds is 2. The van der Waals surface area contributed by atoms with Gasteiger partial charge in [0.1, 0.15) is 0 Å². The quantitative estimate of drug-likeness (QED) is 0.504. The van der Waals surface area contributed by atoms with Gasteiger partial charge in [0.05, 0.1) is 4.83 Å². The summed E-state index contributed by atoms with van der Waals surface area (Å²) in [7, 11) is 0. The van der Waals surface area contributed by atoms with Crippen LogP contribution in [0.5, 0.6) is 0 Å². The highest BCUT2D eigenvalue weighted by molar-refractivity contribution is 9.11. The second-order valence-corrected chi connectivity index (χ2v) is 6.36. The highest BCUT2D eigenvalue weighted by Gasteiger charge is 2.19. The van der Waals surface area contributed by atoms with Gasteiger partial charge in [-0.3, -0.25) is 0 Å². The van der Waals surface area contributed by atoms with Gasteiger partial charge in [0.2, 0.25) is 0 Å². The fourth-order valence-electron chi connectivity index (χ4n) is 1.59. The first-order valence-corrected chi connectivity index (χ1v) is 7.54. The van der Waals surface area contributed by atoms with Crippen LogP contribution in [0.1, 0.15) is 16.0 Å². The van der Waals surface area contributed by atoms with Crippen LogP contribution in [0, 0.1) is 11.6 Å². The summed E-state index contributed by atoms with van der Waals surface area (Å²) in [6, 6.07) is 9.74. The van der Waals surface area contributed by atoms with E-state index < -0.39 is 16.5 Å². The predicted octanol–water partition coefficient (Wildman–Crippen LogP) is 5.97. The molecular weight excluding hydrogens is 434 g/mol. The second-order valence-electron chi connectivity index (χ2n) is 3.67. The molecule has 0 aliphatic heterocycles. The molecule has 0 aliphatic rings. The molecule has 0 N–H and O–H groups in total. The summed E-state index contributed by atoms with van der Waals surface area (Å²) in [5.74, 6) is -1.67. The summed E-state index contributed by atoms with van der Waals surface area (Å²) >= 11 is 10.2. The molecule has 2 aromatic rings. The molecule has 0 fully saturated rings. The van der Waals surface area contributed by atoms with E-state index in [2.05, 4.69) is 47.8 Å². The van der Waals surface area contributed by atoms with Crippen molar-refractivity contribution in [1.82, 2.24) is 0 Å². The molecule has 0 bridgehead atoms. The Balaban J connectivity index is 2.51. The minimum Gasteiger partial charge on any atom is -0.204 e. The van der Waals surface area contributed by atoms with E-state index in [1.165, 1.54) is 6.07 Å². The fraction of sp³-hybridized carbons (Fsp3) is 0.0769. The summed E-state index contributed by atoms with van der Waals surface area (Å²) in [6.45, 7) is 0. The van der Waals surface area contributed by atoms with Gasteiger partial charge < -0.3 is 0 Å². The Labute approximate surface area is 129 Å². The Morgan fingerprint density at radius 2 is 1.67 bits per heavy atom. The molecule has 0 saturated carbocycles. The zero-order valence-corrected chi connectivity index (χ0v) is 13.7. The molecule has 0 aromatic heterocycles. The van der Waals surface area contributed by atoms with Gasteiger partial charge in [-0.1, -0.05) is 59.9 Å². The maximum absolute atomic E-state index is 13.7. The van der Waals surface area contributed by atoms with Crippen molar-refractivity contribution in [1.29, 1.82) is 0 Å². The van der Waals surface area contributed by atoms with Gasteiger partial charge in [-0.05, 0) is 29.8 Å². The van der Waals surface area contributed by atoms with Crippen molar-refractivity contribution in [2.45, 2.75) is 4.83 Å². The van der Waals surface area contributed by atoms with Gasteiger partial charge in [0, 0.05) is 14.5 Å². The predicted molar refractivity (Wildman–Crippen MR) is 79.0 cm³/mol. The van der Waals surface area contributed by atoms with Crippen LogP contribution in [0.15, 0.2) is 45.3 Å². The highest BCUT2D eigenvalue weighted by atomic mass is 79.9. The van der Waals surface area contributed by atoms with Gasteiger partial charge >= 0.3 is 0 Å².